The Morgan fingerprint density at radius 2 is 2.38 bits per heavy atom. The highest BCUT2D eigenvalue weighted by molar-refractivity contribution is 9.10. The van der Waals surface area contributed by atoms with Crippen molar-refractivity contribution in [2.45, 2.75) is 19.0 Å². The number of hydrogen-bond donors (Lipinski definition) is 1. The summed E-state index contributed by atoms with van der Waals surface area (Å²) < 4.78 is 1.04. The zero-order chi connectivity index (χ0) is 10.7. The Kier molecular flexibility index (Phi) is 5.69. The topological polar surface area (TPSA) is 28.2 Å². The Bertz CT molecular complexity index is 318. The van der Waals surface area contributed by atoms with E-state index in [0.29, 0.717) is 6.04 Å². The second-order valence-electron chi connectivity index (χ2n) is 3.98. The first-order valence-electron chi connectivity index (χ1n) is 5.28. The molecule has 1 aliphatic heterocycles. The number of nitrogens with one attached hydrogen (secondary N) is 1. The highest BCUT2D eigenvalue weighted by Crippen LogP contribution is 2.13. The van der Waals surface area contributed by atoms with Crippen LogP contribution in [0.15, 0.2) is 22.8 Å². The summed E-state index contributed by atoms with van der Waals surface area (Å²) >= 11 is 3.39. The van der Waals surface area contributed by atoms with E-state index in [1.54, 1.807) is 0 Å². The minimum Gasteiger partial charge on any atom is -0.316 e. The third kappa shape index (κ3) is 3.70. The van der Waals surface area contributed by atoms with Crippen LogP contribution in [0.2, 0.25) is 0 Å². The molecule has 1 fully saturated rings. The lowest BCUT2D eigenvalue weighted by Gasteiger charge is -2.15. The highest BCUT2D eigenvalue weighted by atomic mass is 79.9. The maximum atomic E-state index is 4.38. The van der Waals surface area contributed by atoms with E-state index >= 15 is 0 Å². The molecule has 0 aromatic carbocycles. The van der Waals surface area contributed by atoms with Gasteiger partial charge in [-0.3, -0.25) is 9.88 Å². The third-order valence-electron chi connectivity index (χ3n) is 2.85. The summed E-state index contributed by atoms with van der Waals surface area (Å²) in [5.41, 5.74) is 1.15. The molecular weight excluding hydrogens is 289 g/mol. The van der Waals surface area contributed by atoms with Gasteiger partial charge in [-0.15, -0.1) is 12.4 Å². The molecule has 0 saturated carbocycles. The van der Waals surface area contributed by atoms with Crippen LogP contribution >= 0.6 is 28.3 Å². The number of hydrogen-bond acceptors (Lipinski definition) is 3. The van der Waals surface area contributed by atoms with E-state index < -0.39 is 0 Å². The van der Waals surface area contributed by atoms with E-state index in [4.69, 9.17) is 0 Å². The van der Waals surface area contributed by atoms with Gasteiger partial charge in [-0.25, -0.2) is 0 Å². The fraction of sp³-hybridized carbons (Fsp3) is 0.545. The summed E-state index contributed by atoms with van der Waals surface area (Å²) in [5.74, 6) is 0. The first kappa shape index (κ1) is 13.9. The quantitative estimate of drug-likeness (QED) is 0.926. The highest BCUT2D eigenvalue weighted by Gasteiger charge is 2.20. The largest absolute Gasteiger partial charge is 0.316 e. The van der Waals surface area contributed by atoms with Crippen molar-refractivity contribution in [1.82, 2.24) is 15.2 Å². The average Bonchev–Trinajstić information content (AvgIpc) is 2.69. The molecule has 0 aliphatic carbocycles. The van der Waals surface area contributed by atoms with Crippen molar-refractivity contribution in [3.63, 3.8) is 0 Å². The van der Waals surface area contributed by atoms with Crippen LogP contribution in [0.1, 0.15) is 12.1 Å². The van der Waals surface area contributed by atoms with Crippen LogP contribution in [0.4, 0.5) is 0 Å². The number of likely N-dealkylation sites (N-methyl/N-ethyl adjacent to an activating group) is 1. The zero-order valence-corrected chi connectivity index (χ0v) is 11.7. The normalized spacial score (nSPS) is 20.8. The Morgan fingerprint density at radius 1 is 1.56 bits per heavy atom. The van der Waals surface area contributed by atoms with E-state index in [2.05, 4.69) is 37.2 Å². The Morgan fingerprint density at radius 3 is 2.94 bits per heavy atom. The molecule has 1 aromatic heterocycles. The van der Waals surface area contributed by atoms with E-state index in [-0.39, 0.29) is 12.4 Å². The van der Waals surface area contributed by atoms with Gasteiger partial charge >= 0.3 is 0 Å². The minimum atomic E-state index is 0. The molecule has 2 heterocycles. The zero-order valence-electron chi connectivity index (χ0n) is 9.32. The lowest BCUT2D eigenvalue weighted by Crippen LogP contribution is -2.29. The monoisotopic (exact) mass is 305 g/mol. The summed E-state index contributed by atoms with van der Waals surface area (Å²) in [5, 5.41) is 3.32. The molecule has 1 saturated heterocycles. The molecule has 2 rings (SSSR count). The van der Waals surface area contributed by atoms with Crippen molar-refractivity contribution in [1.29, 1.82) is 0 Å². The van der Waals surface area contributed by atoms with Crippen LogP contribution in [0.25, 0.3) is 0 Å². The standard InChI is InChI=1S/C11H16BrN3.ClH/c1-13-10-4-5-15(7-10)8-11-3-2-9(12)6-14-11;/h2-3,6,10,13H,4-5,7-8H2,1H3;1H. The number of nitrogens with zero attached hydrogens (tertiary/aromatic N) is 2. The first-order valence-corrected chi connectivity index (χ1v) is 6.07. The number of halogens is 2. The van der Waals surface area contributed by atoms with Gasteiger partial charge < -0.3 is 5.32 Å². The third-order valence-corrected chi connectivity index (χ3v) is 3.32. The Labute approximate surface area is 111 Å². The van der Waals surface area contributed by atoms with Crippen LogP contribution in [0.5, 0.6) is 0 Å². The number of aromatic nitrogens is 1. The molecule has 16 heavy (non-hydrogen) atoms. The Hall–Kier alpha value is -0.160. The van der Waals surface area contributed by atoms with E-state index in [0.717, 1.165) is 23.3 Å². The van der Waals surface area contributed by atoms with Crippen molar-refractivity contribution < 1.29 is 0 Å². The molecule has 0 radical (unpaired) electrons. The fourth-order valence-electron chi connectivity index (χ4n) is 1.94. The Balaban J connectivity index is 0.00000128. The molecule has 90 valence electrons. The molecule has 1 unspecified atom stereocenters. The molecule has 0 amide bonds. The number of rotatable bonds is 3. The van der Waals surface area contributed by atoms with Gasteiger partial charge in [0.1, 0.15) is 0 Å². The van der Waals surface area contributed by atoms with Crippen LogP contribution in [-0.2, 0) is 6.54 Å². The maximum Gasteiger partial charge on any atom is 0.0544 e. The maximum absolute atomic E-state index is 4.38. The van der Waals surface area contributed by atoms with Gasteiger partial charge in [0, 0.05) is 36.3 Å². The van der Waals surface area contributed by atoms with E-state index in [1.165, 1.54) is 13.0 Å². The van der Waals surface area contributed by atoms with E-state index in [1.807, 2.05) is 19.3 Å². The molecule has 5 heteroatoms. The summed E-state index contributed by atoms with van der Waals surface area (Å²) in [6, 6.07) is 4.78. The molecule has 0 bridgehead atoms. The van der Waals surface area contributed by atoms with E-state index in [9.17, 15) is 0 Å². The molecular formula is C11H17BrClN3. The van der Waals surface area contributed by atoms with Crippen molar-refractivity contribution in [3.8, 4) is 0 Å². The van der Waals surface area contributed by atoms with Crippen molar-refractivity contribution in [2.24, 2.45) is 0 Å². The van der Waals surface area contributed by atoms with Gasteiger partial charge in [0.05, 0.1) is 5.69 Å². The molecule has 1 aromatic rings. The summed E-state index contributed by atoms with van der Waals surface area (Å²) in [6.45, 7) is 3.27. The van der Waals surface area contributed by atoms with Crippen LogP contribution in [0, 0.1) is 0 Å². The van der Waals surface area contributed by atoms with Crippen molar-refractivity contribution in [3.05, 3.63) is 28.5 Å². The number of likely N-dealkylation sites (tertiary alicyclic amines) is 1. The summed E-state index contributed by atoms with van der Waals surface area (Å²) in [7, 11) is 2.03. The summed E-state index contributed by atoms with van der Waals surface area (Å²) in [4.78, 5) is 6.83. The van der Waals surface area contributed by atoms with Crippen LogP contribution in [0.3, 0.4) is 0 Å². The van der Waals surface area contributed by atoms with Crippen LogP contribution in [-0.4, -0.2) is 36.1 Å². The fourth-order valence-corrected chi connectivity index (χ4v) is 2.18. The van der Waals surface area contributed by atoms with Crippen LogP contribution < -0.4 is 5.32 Å². The molecule has 1 N–H and O–H groups in total. The SMILES string of the molecule is CNC1CCN(Cc2ccc(Br)cn2)C1.Cl. The predicted octanol–water partition coefficient (Wildman–Crippen LogP) is 2.06. The number of pyridine rings is 1. The van der Waals surface area contributed by atoms with Crippen molar-refractivity contribution >= 4 is 28.3 Å². The van der Waals surface area contributed by atoms with Gasteiger partial charge in [-0.1, -0.05) is 0 Å². The molecule has 3 nitrogen and oxygen atoms in total. The average molecular weight is 307 g/mol. The minimum absolute atomic E-state index is 0. The van der Waals surface area contributed by atoms with Gasteiger partial charge in [-0.2, -0.15) is 0 Å². The van der Waals surface area contributed by atoms with Gasteiger partial charge in [-0.05, 0) is 41.5 Å². The molecule has 1 aliphatic rings. The first-order chi connectivity index (χ1) is 7.28. The van der Waals surface area contributed by atoms with Crippen molar-refractivity contribution in [2.75, 3.05) is 20.1 Å². The summed E-state index contributed by atoms with van der Waals surface area (Å²) in [6.07, 6.45) is 3.11. The predicted molar refractivity (Wildman–Crippen MR) is 71.9 cm³/mol. The van der Waals surface area contributed by atoms with Gasteiger partial charge in [0.25, 0.3) is 0 Å². The molecule has 1 atom stereocenters. The van der Waals surface area contributed by atoms with Gasteiger partial charge in [0.15, 0.2) is 0 Å². The lowest BCUT2D eigenvalue weighted by atomic mass is 10.3. The smallest absolute Gasteiger partial charge is 0.0544 e. The second kappa shape index (κ2) is 6.55. The molecule has 0 spiro atoms. The lowest BCUT2D eigenvalue weighted by molar-refractivity contribution is 0.318. The second-order valence-corrected chi connectivity index (χ2v) is 4.89. The van der Waals surface area contributed by atoms with Gasteiger partial charge in [0.2, 0.25) is 0 Å².